The molecule has 0 saturated heterocycles. The number of nitrogens with zero attached hydrogens (tertiary/aromatic N) is 1. The summed E-state index contributed by atoms with van der Waals surface area (Å²) in [5.41, 5.74) is 1.96. The van der Waals surface area contributed by atoms with E-state index in [2.05, 4.69) is 20.9 Å². The Morgan fingerprint density at radius 3 is 2.53 bits per heavy atom. The number of aldehydes is 1. The Balaban J connectivity index is 2.17. The van der Waals surface area contributed by atoms with Gasteiger partial charge >= 0.3 is 0 Å². The van der Waals surface area contributed by atoms with Crippen molar-refractivity contribution in [3.8, 4) is 0 Å². The van der Waals surface area contributed by atoms with Crippen LogP contribution in [0.5, 0.6) is 0 Å². The lowest BCUT2D eigenvalue weighted by atomic mass is 9.95. The molecule has 0 aliphatic heterocycles. The molecule has 0 bridgehead atoms. The fourth-order valence-corrected chi connectivity index (χ4v) is 1.96. The van der Waals surface area contributed by atoms with E-state index in [9.17, 15) is 4.79 Å². The van der Waals surface area contributed by atoms with Crippen molar-refractivity contribution in [1.82, 2.24) is 4.98 Å². The van der Waals surface area contributed by atoms with Crippen LogP contribution in [-0.2, 0) is 11.2 Å². The van der Waals surface area contributed by atoms with Gasteiger partial charge in [0.25, 0.3) is 0 Å². The zero-order valence-corrected chi connectivity index (χ0v) is 10.8. The van der Waals surface area contributed by atoms with Crippen LogP contribution in [0.15, 0.2) is 53.1 Å². The first-order valence-corrected chi connectivity index (χ1v) is 6.19. The Labute approximate surface area is 109 Å². The molecule has 0 fully saturated rings. The molecular weight excluding hydrogens is 278 g/mol. The zero-order chi connectivity index (χ0) is 12.1. The lowest BCUT2D eigenvalue weighted by molar-refractivity contribution is -0.109. The second-order valence-corrected chi connectivity index (χ2v) is 4.74. The molecule has 2 rings (SSSR count). The third-order valence-electron chi connectivity index (χ3n) is 2.62. The Bertz CT molecular complexity index is 481. The Kier molecular flexibility index (Phi) is 4.04. The summed E-state index contributed by atoms with van der Waals surface area (Å²) in [4.78, 5) is 15.4. The van der Waals surface area contributed by atoms with Gasteiger partial charge in [0.1, 0.15) is 6.29 Å². The highest BCUT2D eigenvalue weighted by molar-refractivity contribution is 9.10. The molecule has 1 unspecified atom stereocenters. The molecule has 2 nitrogen and oxygen atoms in total. The third kappa shape index (κ3) is 3.24. The number of hydrogen-bond acceptors (Lipinski definition) is 2. The summed E-state index contributed by atoms with van der Waals surface area (Å²) >= 11 is 3.38. The average Bonchev–Trinajstić information content (AvgIpc) is 2.38. The van der Waals surface area contributed by atoms with E-state index in [1.54, 1.807) is 6.20 Å². The van der Waals surface area contributed by atoms with Gasteiger partial charge in [0.05, 0.1) is 0 Å². The van der Waals surface area contributed by atoms with Crippen molar-refractivity contribution in [1.29, 1.82) is 0 Å². The van der Waals surface area contributed by atoms with Crippen molar-refractivity contribution in [2.45, 2.75) is 12.3 Å². The number of pyridine rings is 1. The molecular formula is C14H12BrNO. The van der Waals surface area contributed by atoms with Crippen LogP contribution < -0.4 is 0 Å². The molecule has 17 heavy (non-hydrogen) atoms. The number of rotatable bonds is 4. The molecule has 86 valence electrons. The van der Waals surface area contributed by atoms with Crippen LogP contribution in [0, 0.1) is 0 Å². The first-order chi connectivity index (χ1) is 8.29. The highest BCUT2D eigenvalue weighted by Crippen LogP contribution is 2.20. The summed E-state index contributed by atoms with van der Waals surface area (Å²) in [6.45, 7) is 0. The molecule has 2 aromatic rings. The van der Waals surface area contributed by atoms with Crippen molar-refractivity contribution in [3.63, 3.8) is 0 Å². The molecule has 0 radical (unpaired) electrons. The van der Waals surface area contributed by atoms with Crippen LogP contribution in [0.2, 0.25) is 0 Å². The molecule has 0 spiro atoms. The van der Waals surface area contributed by atoms with E-state index < -0.39 is 0 Å². The van der Waals surface area contributed by atoms with Gasteiger partial charge in [0.15, 0.2) is 0 Å². The number of aromatic nitrogens is 1. The maximum Gasteiger partial charge on any atom is 0.127 e. The van der Waals surface area contributed by atoms with Gasteiger partial charge in [-0.1, -0.05) is 34.1 Å². The zero-order valence-electron chi connectivity index (χ0n) is 9.21. The number of carbonyl (C=O) groups is 1. The molecule has 0 saturated carbocycles. The SMILES string of the molecule is O=CC(Cc1ccccn1)c1ccc(Br)cc1. The van der Waals surface area contributed by atoms with Gasteiger partial charge in [-0.05, 0) is 29.8 Å². The average molecular weight is 290 g/mol. The van der Waals surface area contributed by atoms with E-state index in [1.807, 2.05) is 42.5 Å². The number of carbonyl (C=O) groups excluding carboxylic acids is 1. The second kappa shape index (κ2) is 5.73. The molecule has 3 heteroatoms. The summed E-state index contributed by atoms with van der Waals surface area (Å²) in [6, 6.07) is 13.6. The van der Waals surface area contributed by atoms with Gasteiger partial charge in [-0.3, -0.25) is 4.98 Å². The van der Waals surface area contributed by atoms with Crippen molar-refractivity contribution in [2.24, 2.45) is 0 Å². The van der Waals surface area contributed by atoms with Crippen LogP contribution >= 0.6 is 15.9 Å². The smallest absolute Gasteiger partial charge is 0.127 e. The Morgan fingerprint density at radius 1 is 1.18 bits per heavy atom. The first kappa shape index (κ1) is 12.0. The van der Waals surface area contributed by atoms with E-state index >= 15 is 0 Å². The van der Waals surface area contributed by atoms with E-state index in [0.29, 0.717) is 6.42 Å². The summed E-state index contributed by atoms with van der Waals surface area (Å²) in [5, 5.41) is 0. The lowest BCUT2D eigenvalue weighted by Gasteiger charge is -2.10. The third-order valence-corrected chi connectivity index (χ3v) is 3.15. The second-order valence-electron chi connectivity index (χ2n) is 3.82. The molecule has 1 heterocycles. The van der Waals surface area contributed by atoms with E-state index in [4.69, 9.17) is 0 Å². The van der Waals surface area contributed by atoms with Crippen LogP contribution in [0.4, 0.5) is 0 Å². The van der Waals surface area contributed by atoms with Gasteiger partial charge in [0, 0.05) is 28.7 Å². The minimum atomic E-state index is -0.127. The number of halogens is 1. The predicted molar refractivity (Wildman–Crippen MR) is 70.9 cm³/mol. The maximum absolute atomic E-state index is 11.2. The normalized spacial score (nSPS) is 12.1. The lowest BCUT2D eigenvalue weighted by Crippen LogP contribution is -2.05. The predicted octanol–water partition coefficient (Wildman–Crippen LogP) is 3.37. The summed E-state index contributed by atoms with van der Waals surface area (Å²) < 4.78 is 1.02. The van der Waals surface area contributed by atoms with Crippen LogP contribution in [0.3, 0.4) is 0 Å². The maximum atomic E-state index is 11.2. The minimum absolute atomic E-state index is 0.127. The Morgan fingerprint density at radius 2 is 1.94 bits per heavy atom. The van der Waals surface area contributed by atoms with E-state index in [-0.39, 0.29) is 5.92 Å². The number of benzene rings is 1. The summed E-state index contributed by atoms with van der Waals surface area (Å²) in [6.07, 6.45) is 3.38. The highest BCUT2D eigenvalue weighted by Gasteiger charge is 2.11. The van der Waals surface area contributed by atoms with Gasteiger partial charge in [-0.25, -0.2) is 0 Å². The molecule has 1 aromatic carbocycles. The summed E-state index contributed by atoms with van der Waals surface area (Å²) in [7, 11) is 0. The molecule has 0 amide bonds. The first-order valence-electron chi connectivity index (χ1n) is 5.40. The van der Waals surface area contributed by atoms with Crippen LogP contribution in [0.1, 0.15) is 17.2 Å². The van der Waals surface area contributed by atoms with Crippen LogP contribution in [0.25, 0.3) is 0 Å². The number of hydrogen-bond donors (Lipinski definition) is 0. The molecule has 1 atom stereocenters. The highest BCUT2D eigenvalue weighted by atomic mass is 79.9. The standard InChI is InChI=1S/C14H12BrNO/c15-13-6-4-11(5-7-13)12(10-17)9-14-3-1-2-8-16-14/h1-8,10,12H,9H2. The van der Waals surface area contributed by atoms with Crippen molar-refractivity contribution in [2.75, 3.05) is 0 Å². The van der Waals surface area contributed by atoms with Crippen molar-refractivity contribution in [3.05, 3.63) is 64.4 Å². The summed E-state index contributed by atoms with van der Waals surface area (Å²) in [5.74, 6) is -0.127. The topological polar surface area (TPSA) is 30.0 Å². The van der Waals surface area contributed by atoms with E-state index in [1.165, 1.54) is 0 Å². The quantitative estimate of drug-likeness (QED) is 0.808. The molecule has 0 aliphatic rings. The monoisotopic (exact) mass is 289 g/mol. The molecule has 1 aromatic heterocycles. The van der Waals surface area contributed by atoms with Gasteiger partial charge < -0.3 is 4.79 Å². The van der Waals surface area contributed by atoms with Crippen molar-refractivity contribution >= 4 is 22.2 Å². The van der Waals surface area contributed by atoms with E-state index in [0.717, 1.165) is 22.0 Å². The minimum Gasteiger partial charge on any atom is -0.303 e. The van der Waals surface area contributed by atoms with Gasteiger partial charge in [-0.15, -0.1) is 0 Å². The largest absolute Gasteiger partial charge is 0.303 e. The fraction of sp³-hybridized carbons (Fsp3) is 0.143. The molecule has 0 aliphatic carbocycles. The van der Waals surface area contributed by atoms with Crippen molar-refractivity contribution < 1.29 is 4.79 Å². The fourth-order valence-electron chi connectivity index (χ4n) is 1.70. The molecule has 0 N–H and O–H groups in total. The van der Waals surface area contributed by atoms with Gasteiger partial charge in [0.2, 0.25) is 0 Å². The van der Waals surface area contributed by atoms with Crippen LogP contribution in [-0.4, -0.2) is 11.3 Å². The Hall–Kier alpha value is -1.48. The van der Waals surface area contributed by atoms with Gasteiger partial charge in [-0.2, -0.15) is 0 Å².